The molecule has 7 nitrogen and oxygen atoms in total. The highest BCUT2D eigenvalue weighted by Gasteiger charge is 2.72. The molecule has 6 rings (SSSR count). The quantitative estimate of drug-likeness (QED) is 0.262. The Hall–Kier alpha value is -2.93. The summed E-state index contributed by atoms with van der Waals surface area (Å²) in [7, 11) is 1.78. The Balaban J connectivity index is 1.49. The molecule has 0 aromatic heterocycles. The third-order valence-corrected chi connectivity index (χ3v) is 13.1. The second kappa shape index (κ2) is 8.31. The van der Waals surface area contributed by atoms with E-state index in [1.54, 1.807) is 7.05 Å². The number of aliphatic imine (C=N–C) groups is 1. The maximum Gasteiger partial charge on any atom is 0.209 e. The van der Waals surface area contributed by atoms with Gasteiger partial charge in [-0.1, -0.05) is 46.3 Å². The van der Waals surface area contributed by atoms with E-state index in [2.05, 4.69) is 56.3 Å². The van der Waals surface area contributed by atoms with Crippen LogP contribution in [0, 0.1) is 67.6 Å². The minimum absolute atomic E-state index is 0.0326. The Morgan fingerprint density at radius 3 is 2.33 bits per heavy atom. The summed E-state index contributed by atoms with van der Waals surface area (Å²) in [4.78, 5) is 31.9. The first-order valence-corrected chi connectivity index (χ1v) is 15.1. The highest BCUT2D eigenvalue weighted by Crippen LogP contribution is 2.76. The first kappa shape index (κ1) is 27.3. The Morgan fingerprint density at radius 1 is 1.00 bits per heavy atom. The number of nitrogens with one attached hydrogen (secondary N) is 2. The number of carbonyl (C=O) groups excluding carboxylic acids is 2. The van der Waals surface area contributed by atoms with Crippen LogP contribution in [0.1, 0.15) is 92.4 Å². The van der Waals surface area contributed by atoms with Crippen LogP contribution in [0.5, 0.6) is 0 Å². The first-order valence-electron chi connectivity index (χ1n) is 15.1. The van der Waals surface area contributed by atoms with E-state index in [0.29, 0.717) is 11.5 Å². The molecule has 7 atom stereocenters. The van der Waals surface area contributed by atoms with E-state index in [9.17, 15) is 20.1 Å². The Kier molecular flexibility index (Phi) is 5.66. The van der Waals surface area contributed by atoms with Gasteiger partial charge in [0.25, 0.3) is 0 Å². The topological polar surface area (TPSA) is 118 Å². The SMILES string of the molecule is CN/C(=N\C#N)N[C@]12CCC(C)(C)C[C@H]1[C@H]1C(=O)C=C3[C@@]4(C)C=C(C#N)C(=O)C5(CC5)[C@@H]4CC[C@@]3(C)[C@]1(C)CC2. The lowest BCUT2D eigenvalue weighted by Gasteiger charge is -2.69. The molecular weight excluding hydrogens is 498 g/mol. The van der Waals surface area contributed by atoms with E-state index in [4.69, 9.17) is 0 Å². The van der Waals surface area contributed by atoms with Gasteiger partial charge >= 0.3 is 0 Å². The number of hydrogen-bond acceptors (Lipinski definition) is 5. The number of hydrogen-bond donors (Lipinski definition) is 2. The summed E-state index contributed by atoms with van der Waals surface area (Å²) in [6, 6.07) is 2.23. The van der Waals surface area contributed by atoms with Crippen molar-refractivity contribution >= 4 is 17.5 Å². The molecule has 0 heterocycles. The van der Waals surface area contributed by atoms with E-state index in [1.807, 2.05) is 18.3 Å². The van der Waals surface area contributed by atoms with Crippen molar-refractivity contribution < 1.29 is 9.59 Å². The zero-order valence-corrected chi connectivity index (χ0v) is 24.9. The summed E-state index contributed by atoms with van der Waals surface area (Å²) in [5.74, 6) is 0.808. The summed E-state index contributed by atoms with van der Waals surface area (Å²) in [5.41, 5.74) is -0.102. The molecule has 4 saturated carbocycles. The van der Waals surface area contributed by atoms with Gasteiger partial charge in [-0.15, -0.1) is 4.99 Å². The van der Waals surface area contributed by atoms with Gasteiger partial charge in [0.2, 0.25) is 12.2 Å². The van der Waals surface area contributed by atoms with Crippen molar-refractivity contribution in [2.24, 2.45) is 49.8 Å². The highest BCUT2D eigenvalue weighted by atomic mass is 16.1. The van der Waals surface area contributed by atoms with Crippen molar-refractivity contribution in [2.75, 3.05) is 7.05 Å². The second-order valence-corrected chi connectivity index (χ2v) is 15.3. The van der Waals surface area contributed by atoms with Gasteiger partial charge in [0.15, 0.2) is 11.6 Å². The molecule has 212 valence electrons. The van der Waals surface area contributed by atoms with E-state index in [0.717, 1.165) is 63.4 Å². The molecule has 40 heavy (non-hydrogen) atoms. The summed E-state index contributed by atoms with van der Waals surface area (Å²) >= 11 is 0. The third kappa shape index (κ3) is 3.30. The summed E-state index contributed by atoms with van der Waals surface area (Å²) in [6.45, 7) is 11.6. The van der Waals surface area contributed by atoms with Gasteiger partial charge < -0.3 is 10.6 Å². The van der Waals surface area contributed by atoms with Gasteiger partial charge in [-0.05, 0) is 91.9 Å². The van der Waals surface area contributed by atoms with Crippen LogP contribution in [0.25, 0.3) is 0 Å². The predicted octanol–water partition coefficient (Wildman–Crippen LogP) is 5.36. The van der Waals surface area contributed by atoms with Gasteiger partial charge in [-0.25, -0.2) is 0 Å². The fraction of sp³-hybridized carbons (Fsp3) is 0.727. The number of carbonyl (C=O) groups is 2. The lowest BCUT2D eigenvalue weighted by atomic mass is 9.35. The maximum absolute atomic E-state index is 14.6. The Labute approximate surface area is 238 Å². The third-order valence-electron chi connectivity index (χ3n) is 13.1. The zero-order valence-electron chi connectivity index (χ0n) is 24.9. The average molecular weight is 542 g/mol. The minimum atomic E-state index is -0.469. The molecule has 6 aliphatic rings. The molecule has 0 amide bonds. The fourth-order valence-corrected chi connectivity index (χ4v) is 10.7. The van der Waals surface area contributed by atoms with E-state index < -0.39 is 10.8 Å². The van der Waals surface area contributed by atoms with E-state index >= 15 is 0 Å². The van der Waals surface area contributed by atoms with Crippen LogP contribution < -0.4 is 10.6 Å². The van der Waals surface area contributed by atoms with Crippen molar-refractivity contribution in [2.45, 2.75) is 97.9 Å². The summed E-state index contributed by atoms with van der Waals surface area (Å²) in [5, 5.41) is 26.0. The molecule has 1 spiro atoms. The van der Waals surface area contributed by atoms with Crippen LogP contribution in [0.3, 0.4) is 0 Å². The van der Waals surface area contributed by atoms with Gasteiger partial charge in [-0.2, -0.15) is 10.5 Å². The van der Waals surface area contributed by atoms with Crippen LogP contribution in [-0.2, 0) is 9.59 Å². The van der Waals surface area contributed by atoms with Gasteiger partial charge in [0.05, 0.1) is 5.57 Å². The number of guanidine groups is 1. The molecule has 0 radical (unpaired) electrons. The maximum atomic E-state index is 14.6. The molecule has 0 aromatic carbocycles. The van der Waals surface area contributed by atoms with Crippen molar-refractivity contribution in [3.8, 4) is 12.3 Å². The lowest BCUT2D eigenvalue weighted by molar-refractivity contribution is -0.158. The average Bonchev–Trinajstić information content (AvgIpc) is 3.69. The van der Waals surface area contributed by atoms with Gasteiger partial charge in [0, 0.05) is 29.3 Å². The standard InChI is InChI=1S/C33H43N5O2/c1-28(2)9-13-33(38-27(36-6)37-19-35)14-10-31(5)25(21(33)17-28)22(39)15-24-29(3)16-20(18-34)26(40)32(11-12-32)23(29)7-8-30(24,31)4/h15-16,21,23,25H,7-14,17H2,1-6H3,(H2,36,37,38)/t21-,23+,25-,29-,30+,31+,33-/m0/s1. The predicted molar refractivity (Wildman–Crippen MR) is 152 cm³/mol. The number of Topliss-reactive ketones (excluding diaryl/α,β-unsaturated/α-hetero) is 1. The molecule has 0 bridgehead atoms. The van der Waals surface area contributed by atoms with Gasteiger partial charge in [0.1, 0.15) is 6.07 Å². The first-order chi connectivity index (χ1) is 18.8. The molecule has 0 aliphatic heterocycles. The normalized spacial score (nSPS) is 44.4. The molecule has 4 fully saturated rings. The van der Waals surface area contributed by atoms with E-state index in [-0.39, 0.29) is 51.1 Å². The summed E-state index contributed by atoms with van der Waals surface area (Å²) in [6.07, 6.45) is 14.2. The Morgan fingerprint density at radius 2 is 1.70 bits per heavy atom. The molecule has 6 aliphatic carbocycles. The molecule has 2 N–H and O–H groups in total. The second-order valence-electron chi connectivity index (χ2n) is 15.3. The Bertz CT molecular complexity index is 1370. The van der Waals surface area contributed by atoms with Crippen LogP contribution in [-0.4, -0.2) is 30.1 Å². The number of allylic oxidation sites excluding steroid dienone is 4. The summed E-state index contributed by atoms with van der Waals surface area (Å²) < 4.78 is 0. The van der Waals surface area contributed by atoms with Crippen molar-refractivity contribution in [3.63, 3.8) is 0 Å². The smallest absolute Gasteiger partial charge is 0.209 e. The van der Waals surface area contributed by atoms with E-state index in [1.165, 1.54) is 0 Å². The number of nitrogens with zero attached hydrogens (tertiary/aromatic N) is 3. The zero-order chi connectivity index (χ0) is 28.9. The molecule has 7 heteroatoms. The number of fused-ring (bicyclic) bond motifs is 8. The van der Waals surface area contributed by atoms with Crippen molar-refractivity contribution in [1.29, 1.82) is 10.5 Å². The molecule has 0 unspecified atom stereocenters. The van der Waals surface area contributed by atoms with Crippen LogP contribution in [0.15, 0.2) is 28.3 Å². The van der Waals surface area contributed by atoms with Crippen molar-refractivity contribution in [1.82, 2.24) is 10.6 Å². The monoisotopic (exact) mass is 541 g/mol. The highest BCUT2D eigenvalue weighted by molar-refractivity contribution is 6.06. The van der Waals surface area contributed by atoms with Gasteiger partial charge in [-0.3, -0.25) is 9.59 Å². The largest absolute Gasteiger partial charge is 0.359 e. The van der Waals surface area contributed by atoms with Crippen LogP contribution in [0.4, 0.5) is 0 Å². The van der Waals surface area contributed by atoms with Crippen LogP contribution in [0.2, 0.25) is 0 Å². The molecule has 0 saturated heterocycles. The number of rotatable bonds is 1. The molecular formula is C33H43N5O2. The van der Waals surface area contributed by atoms with Crippen LogP contribution >= 0.6 is 0 Å². The minimum Gasteiger partial charge on any atom is -0.359 e. The number of nitriles is 2. The fourth-order valence-electron chi connectivity index (χ4n) is 10.7. The number of ketones is 2. The lowest BCUT2D eigenvalue weighted by Crippen LogP contribution is -2.70. The molecule has 0 aromatic rings. The van der Waals surface area contributed by atoms with Crippen molar-refractivity contribution in [3.05, 3.63) is 23.3 Å².